The van der Waals surface area contributed by atoms with Gasteiger partial charge in [0.1, 0.15) is 11.8 Å². The summed E-state index contributed by atoms with van der Waals surface area (Å²) in [5, 5.41) is 10.6. The summed E-state index contributed by atoms with van der Waals surface area (Å²) in [6, 6.07) is 14.7. The van der Waals surface area contributed by atoms with Crippen LogP contribution in [0.1, 0.15) is 58.8 Å². The van der Waals surface area contributed by atoms with E-state index in [1.165, 1.54) is 5.56 Å². The van der Waals surface area contributed by atoms with E-state index in [4.69, 9.17) is 21.1 Å². The van der Waals surface area contributed by atoms with Crippen molar-refractivity contribution >= 4 is 29.1 Å². The molecule has 2 amide bonds. The zero-order chi connectivity index (χ0) is 33.5. The normalized spacial score (nSPS) is 13.3. The van der Waals surface area contributed by atoms with Crippen LogP contribution in [0.4, 0.5) is 5.69 Å². The van der Waals surface area contributed by atoms with Crippen LogP contribution in [0.2, 0.25) is 5.02 Å². The molecule has 11 heteroatoms. The van der Waals surface area contributed by atoms with E-state index in [-0.39, 0.29) is 18.4 Å². The molecule has 2 heterocycles. The van der Waals surface area contributed by atoms with Crippen molar-refractivity contribution in [3.8, 4) is 22.6 Å². The molecule has 4 aromatic rings. The maximum Gasteiger partial charge on any atom is 0.251 e. The van der Waals surface area contributed by atoms with Crippen LogP contribution < -0.4 is 19.7 Å². The highest BCUT2D eigenvalue weighted by Gasteiger charge is 2.25. The van der Waals surface area contributed by atoms with E-state index in [0.29, 0.717) is 55.5 Å². The molecule has 0 saturated heterocycles. The molecule has 0 aliphatic carbocycles. The number of ether oxygens (including phenoxy) is 2. The fourth-order valence-corrected chi connectivity index (χ4v) is 5.88. The number of nitroso groups, excluding NO2 is 1. The fraction of sp³-hybridized carbons (Fsp3) is 0.361. The maximum atomic E-state index is 13.5. The molecular formula is C36H40ClN5O5. The van der Waals surface area contributed by atoms with E-state index >= 15 is 0 Å². The lowest BCUT2D eigenvalue weighted by molar-refractivity contribution is -0.118. The Morgan fingerprint density at radius 3 is 2.72 bits per heavy atom. The van der Waals surface area contributed by atoms with Crippen molar-refractivity contribution in [2.75, 3.05) is 31.2 Å². The van der Waals surface area contributed by atoms with Crippen molar-refractivity contribution in [1.82, 2.24) is 15.1 Å². The average Bonchev–Trinajstić information content (AvgIpc) is 3.42. The van der Waals surface area contributed by atoms with Crippen molar-refractivity contribution < 1.29 is 19.1 Å². The summed E-state index contributed by atoms with van der Waals surface area (Å²) in [6.07, 6.45) is 5.38. The minimum atomic E-state index is -0.517. The highest BCUT2D eigenvalue weighted by atomic mass is 35.5. The molecule has 0 saturated carbocycles. The van der Waals surface area contributed by atoms with Gasteiger partial charge < -0.3 is 19.7 Å². The van der Waals surface area contributed by atoms with Crippen LogP contribution in [0.15, 0.2) is 66.1 Å². The van der Waals surface area contributed by atoms with Crippen LogP contribution in [0.5, 0.6) is 11.5 Å². The van der Waals surface area contributed by atoms with Crippen LogP contribution in [0, 0.1) is 25.7 Å². The largest absolute Gasteiger partial charge is 0.493 e. The van der Waals surface area contributed by atoms with Gasteiger partial charge in [-0.3, -0.25) is 14.3 Å². The number of para-hydroxylation sites is 1. The maximum absolute atomic E-state index is 13.5. The van der Waals surface area contributed by atoms with Gasteiger partial charge in [0, 0.05) is 47.4 Å². The molecule has 0 radical (unpaired) electrons. The molecule has 5 rings (SSSR count). The molecule has 1 aromatic heterocycles. The number of carbonyl (C=O) groups excluding carboxylic acids is 2. The Bertz CT molecular complexity index is 1750. The molecule has 1 unspecified atom stereocenters. The Hall–Kier alpha value is -4.70. The molecule has 3 aromatic carbocycles. The van der Waals surface area contributed by atoms with Crippen molar-refractivity contribution in [2.24, 2.45) is 5.18 Å². The molecule has 47 heavy (non-hydrogen) atoms. The molecule has 0 bridgehead atoms. The molecule has 10 nitrogen and oxygen atoms in total. The van der Waals surface area contributed by atoms with E-state index in [9.17, 15) is 14.5 Å². The molecule has 0 spiro atoms. The van der Waals surface area contributed by atoms with E-state index in [0.717, 1.165) is 45.7 Å². The fourth-order valence-electron chi connectivity index (χ4n) is 5.55. The van der Waals surface area contributed by atoms with Gasteiger partial charge in [0.05, 0.1) is 31.6 Å². The van der Waals surface area contributed by atoms with Crippen LogP contribution in [-0.4, -0.2) is 53.9 Å². The number of aromatic nitrogens is 2. The number of amides is 2. The standard InChI is InChI=1S/C36H40ClN5O5/c1-23-9-5-12-33(26(23)4)46-15-7-13-34(43)42-14-8-16-47-35-29(10-6-11-32(35)42)28-20-39-41(21-28)22-30-24(2)17-27(18-31(30)37)36(44)38-19-25(3)40-45/h5-6,9-12,17-18,20-21,25H,7-8,13-16,19,22H2,1-4H3,(H,38,44). The number of anilines is 1. The third-order valence-corrected chi connectivity index (χ3v) is 8.73. The molecule has 0 fully saturated rings. The van der Waals surface area contributed by atoms with Crippen molar-refractivity contribution in [3.05, 3.63) is 98.7 Å². The monoisotopic (exact) mass is 657 g/mol. The Labute approximate surface area is 280 Å². The highest BCUT2D eigenvalue weighted by Crippen LogP contribution is 2.40. The number of carbonyl (C=O) groups is 2. The first kappa shape index (κ1) is 33.7. The minimum absolute atomic E-state index is 0.0336. The number of halogens is 1. The molecule has 1 aliphatic rings. The van der Waals surface area contributed by atoms with Gasteiger partial charge >= 0.3 is 0 Å². The number of hydrogen-bond acceptors (Lipinski definition) is 7. The number of benzene rings is 3. The predicted octanol–water partition coefficient (Wildman–Crippen LogP) is 7.04. The first-order chi connectivity index (χ1) is 22.7. The van der Waals surface area contributed by atoms with Gasteiger partial charge in [-0.1, -0.05) is 41.0 Å². The van der Waals surface area contributed by atoms with Crippen molar-refractivity contribution in [2.45, 2.75) is 59.5 Å². The van der Waals surface area contributed by atoms with Gasteiger partial charge in [-0.15, -0.1) is 0 Å². The number of hydrogen-bond donors (Lipinski definition) is 1. The number of nitrogens with one attached hydrogen (secondary N) is 1. The van der Waals surface area contributed by atoms with Gasteiger partial charge in [0.2, 0.25) is 5.91 Å². The van der Waals surface area contributed by atoms with Gasteiger partial charge in [-0.05, 0) is 87.1 Å². The second-order valence-electron chi connectivity index (χ2n) is 11.9. The summed E-state index contributed by atoms with van der Waals surface area (Å²) in [6.45, 7) is 9.70. The zero-order valence-electron chi connectivity index (χ0n) is 27.2. The van der Waals surface area contributed by atoms with E-state index in [2.05, 4.69) is 28.6 Å². The van der Waals surface area contributed by atoms with E-state index in [1.54, 1.807) is 29.9 Å². The Kier molecular flexibility index (Phi) is 10.9. The van der Waals surface area contributed by atoms with Crippen LogP contribution in [0.3, 0.4) is 0 Å². The molecule has 1 atom stereocenters. The lowest BCUT2D eigenvalue weighted by Gasteiger charge is -2.23. The van der Waals surface area contributed by atoms with Gasteiger partial charge in [-0.2, -0.15) is 10.0 Å². The highest BCUT2D eigenvalue weighted by molar-refractivity contribution is 6.31. The zero-order valence-corrected chi connectivity index (χ0v) is 28.0. The minimum Gasteiger partial charge on any atom is -0.493 e. The smallest absolute Gasteiger partial charge is 0.251 e. The van der Waals surface area contributed by atoms with Crippen molar-refractivity contribution in [1.29, 1.82) is 0 Å². The molecule has 246 valence electrons. The predicted molar refractivity (Wildman–Crippen MR) is 184 cm³/mol. The number of fused-ring (bicyclic) bond motifs is 1. The summed E-state index contributed by atoms with van der Waals surface area (Å²) >= 11 is 6.64. The number of aryl methyl sites for hydroxylation is 2. The van der Waals surface area contributed by atoms with Gasteiger partial charge in [-0.25, -0.2) is 0 Å². The lowest BCUT2D eigenvalue weighted by atomic mass is 10.0. The Morgan fingerprint density at radius 1 is 1.13 bits per heavy atom. The Balaban J connectivity index is 1.27. The van der Waals surface area contributed by atoms with E-state index < -0.39 is 6.04 Å². The van der Waals surface area contributed by atoms with Gasteiger partial charge in [0.15, 0.2) is 5.75 Å². The van der Waals surface area contributed by atoms with Crippen LogP contribution in [0.25, 0.3) is 11.1 Å². The first-order valence-corrected chi connectivity index (χ1v) is 16.2. The van der Waals surface area contributed by atoms with E-state index in [1.807, 2.05) is 55.3 Å². The Morgan fingerprint density at radius 2 is 1.94 bits per heavy atom. The molecule has 1 N–H and O–H groups in total. The summed E-state index contributed by atoms with van der Waals surface area (Å²) in [4.78, 5) is 38.5. The average molecular weight is 658 g/mol. The quantitative estimate of drug-likeness (QED) is 0.129. The van der Waals surface area contributed by atoms with Crippen LogP contribution in [-0.2, 0) is 11.3 Å². The molecule has 1 aliphatic heterocycles. The summed E-state index contributed by atoms with van der Waals surface area (Å²) in [5.74, 6) is 1.23. The second kappa shape index (κ2) is 15.3. The SMILES string of the molecule is Cc1cccc(OCCCC(=O)N2CCCOc3c(-c4cnn(Cc5c(C)cc(C(=O)NCC(C)N=O)cc5Cl)c4)cccc32)c1C. The summed E-state index contributed by atoms with van der Waals surface area (Å²) < 4.78 is 14.0. The molecular weight excluding hydrogens is 618 g/mol. The number of nitrogens with zero attached hydrogens (tertiary/aromatic N) is 4. The third-order valence-electron chi connectivity index (χ3n) is 8.39. The van der Waals surface area contributed by atoms with Crippen LogP contribution >= 0.6 is 11.6 Å². The summed E-state index contributed by atoms with van der Waals surface area (Å²) in [5.41, 5.74) is 6.82. The number of rotatable bonds is 12. The topological polar surface area (TPSA) is 115 Å². The summed E-state index contributed by atoms with van der Waals surface area (Å²) in [7, 11) is 0. The second-order valence-corrected chi connectivity index (χ2v) is 12.3. The van der Waals surface area contributed by atoms with Gasteiger partial charge in [0.25, 0.3) is 5.91 Å². The van der Waals surface area contributed by atoms with Crippen molar-refractivity contribution in [3.63, 3.8) is 0 Å². The first-order valence-electron chi connectivity index (χ1n) is 15.8. The lowest BCUT2D eigenvalue weighted by Crippen LogP contribution is -2.31. The third kappa shape index (κ3) is 8.00.